The predicted molar refractivity (Wildman–Crippen MR) is 88.8 cm³/mol. The fourth-order valence-electron chi connectivity index (χ4n) is 2.57. The molecule has 0 unspecified atom stereocenters. The Morgan fingerprint density at radius 2 is 1.71 bits per heavy atom. The van der Waals surface area contributed by atoms with Gasteiger partial charge in [0, 0.05) is 10.6 Å². The van der Waals surface area contributed by atoms with Crippen LogP contribution in [0, 0.1) is 0 Å². The second-order valence-electron chi connectivity index (χ2n) is 5.98. The van der Waals surface area contributed by atoms with Crippen LogP contribution in [0.5, 0.6) is 0 Å². The van der Waals surface area contributed by atoms with Crippen LogP contribution in [0.3, 0.4) is 0 Å². The van der Waals surface area contributed by atoms with Crippen molar-refractivity contribution in [1.82, 2.24) is 0 Å². The topological polar surface area (TPSA) is 48.8 Å². The first-order chi connectivity index (χ1) is 9.95. The van der Waals surface area contributed by atoms with Gasteiger partial charge in [-0.1, -0.05) is 81.0 Å². The van der Waals surface area contributed by atoms with E-state index < -0.39 is 0 Å². The quantitative estimate of drug-likeness (QED) is 0.379. The molecule has 0 fully saturated rings. The van der Waals surface area contributed by atoms with Gasteiger partial charge in [0.1, 0.15) is 0 Å². The van der Waals surface area contributed by atoms with Crippen LogP contribution in [0.2, 0.25) is 0 Å². The molecule has 0 aliphatic heterocycles. The lowest BCUT2D eigenvalue weighted by Crippen LogP contribution is -2.15. The fraction of sp³-hybridized carbons (Fsp3) is 0.222. The highest BCUT2D eigenvalue weighted by Gasteiger charge is 2.23. The third-order valence-corrected chi connectivity index (χ3v) is 3.38. The highest BCUT2D eigenvalue weighted by atomic mass is 15.1. The molecule has 3 heteroatoms. The van der Waals surface area contributed by atoms with E-state index in [1.807, 2.05) is 30.3 Å². The maximum absolute atomic E-state index is 8.68. The number of benzene rings is 2. The van der Waals surface area contributed by atoms with Crippen molar-refractivity contribution in [3.05, 3.63) is 76.7 Å². The second-order valence-corrected chi connectivity index (χ2v) is 5.98. The monoisotopic (exact) mass is 277 g/mol. The molecular formula is C18H19N3. The van der Waals surface area contributed by atoms with E-state index in [-0.39, 0.29) is 5.41 Å². The summed E-state index contributed by atoms with van der Waals surface area (Å²) in [6.45, 7) is 10.4. The Labute approximate surface area is 125 Å². The lowest BCUT2D eigenvalue weighted by Gasteiger charge is -2.26. The van der Waals surface area contributed by atoms with Gasteiger partial charge in [0.05, 0.1) is 0 Å². The maximum Gasteiger partial charge on any atom is 0.0379 e. The first-order valence-corrected chi connectivity index (χ1v) is 6.88. The molecule has 0 saturated carbocycles. The van der Waals surface area contributed by atoms with Crippen molar-refractivity contribution in [1.29, 1.82) is 0 Å². The van der Waals surface area contributed by atoms with E-state index in [1.165, 1.54) is 0 Å². The molecule has 0 bridgehead atoms. The Balaban J connectivity index is 2.75. The van der Waals surface area contributed by atoms with Crippen molar-refractivity contribution in [3.8, 4) is 11.1 Å². The van der Waals surface area contributed by atoms with Gasteiger partial charge in [-0.2, -0.15) is 0 Å². The molecular weight excluding hydrogens is 258 g/mol. The zero-order valence-electron chi connectivity index (χ0n) is 12.7. The van der Waals surface area contributed by atoms with Gasteiger partial charge in [-0.25, -0.2) is 0 Å². The second kappa shape index (κ2) is 5.86. The summed E-state index contributed by atoms with van der Waals surface area (Å²) in [4.78, 5) is 2.86. The Bertz CT molecular complexity index is 703. The van der Waals surface area contributed by atoms with Gasteiger partial charge >= 0.3 is 0 Å². The Kier molecular flexibility index (Phi) is 4.15. The summed E-state index contributed by atoms with van der Waals surface area (Å²) in [5.41, 5.74) is 13.4. The summed E-state index contributed by atoms with van der Waals surface area (Å²) in [6, 6.07) is 16.3. The van der Waals surface area contributed by atoms with Crippen LogP contribution < -0.4 is 0 Å². The lowest BCUT2D eigenvalue weighted by molar-refractivity contribution is 0.590. The molecule has 2 aromatic carbocycles. The van der Waals surface area contributed by atoms with Gasteiger partial charge in [0.15, 0.2) is 0 Å². The molecule has 2 rings (SSSR count). The molecule has 0 aliphatic carbocycles. The summed E-state index contributed by atoms with van der Waals surface area (Å²) in [7, 11) is 0. The van der Waals surface area contributed by atoms with Gasteiger partial charge in [-0.3, -0.25) is 0 Å². The minimum atomic E-state index is -0.0876. The van der Waals surface area contributed by atoms with Crippen LogP contribution in [0.4, 0.5) is 0 Å². The van der Waals surface area contributed by atoms with Gasteiger partial charge in [-0.05, 0) is 33.2 Å². The van der Waals surface area contributed by atoms with Gasteiger partial charge in [0.2, 0.25) is 0 Å². The van der Waals surface area contributed by atoms with E-state index in [0.717, 1.165) is 22.3 Å². The third-order valence-electron chi connectivity index (χ3n) is 3.38. The summed E-state index contributed by atoms with van der Waals surface area (Å²) in [5.74, 6) is 0. The van der Waals surface area contributed by atoms with Crippen molar-refractivity contribution in [2.24, 2.45) is 5.11 Å². The van der Waals surface area contributed by atoms with Gasteiger partial charge < -0.3 is 0 Å². The van der Waals surface area contributed by atoms with Crippen LogP contribution in [-0.2, 0) is 5.41 Å². The standard InChI is InChI=1S/C18H19N3/c1-13(20-21-19)15-11-8-12-16(17(15)18(2,3)4)14-9-6-5-7-10-14/h5-12H,1H2,2-4H3. The van der Waals surface area contributed by atoms with E-state index >= 15 is 0 Å². The Morgan fingerprint density at radius 3 is 2.29 bits per heavy atom. The number of nitrogens with zero attached hydrogens (tertiary/aromatic N) is 3. The molecule has 0 spiro atoms. The number of azide groups is 1. The molecule has 0 heterocycles. The van der Waals surface area contributed by atoms with Crippen LogP contribution in [0.1, 0.15) is 31.9 Å². The van der Waals surface area contributed by atoms with Crippen LogP contribution in [0.15, 0.2) is 60.2 Å². The molecule has 0 atom stereocenters. The van der Waals surface area contributed by atoms with E-state index in [1.54, 1.807) is 0 Å². The molecule has 0 aromatic heterocycles. The highest BCUT2D eigenvalue weighted by molar-refractivity contribution is 5.77. The van der Waals surface area contributed by atoms with Crippen LogP contribution in [0.25, 0.3) is 27.3 Å². The van der Waals surface area contributed by atoms with Crippen molar-refractivity contribution >= 4 is 5.70 Å². The van der Waals surface area contributed by atoms with E-state index in [0.29, 0.717) is 5.70 Å². The molecule has 0 radical (unpaired) electrons. The smallest absolute Gasteiger partial charge is 0.0379 e. The molecule has 21 heavy (non-hydrogen) atoms. The van der Waals surface area contributed by atoms with Crippen LogP contribution in [-0.4, -0.2) is 0 Å². The fourth-order valence-corrected chi connectivity index (χ4v) is 2.57. The molecule has 0 N–H and O–H groups in total. The minimum Gasteiger partial charge on any atom is -0.0889 e. The molecule has 0 saturated heterocycles. The summed E-state index contributed by atoms with van der Waals surface area (Å²) < 4.78 is 0. The number of rotatable bonds is 3. The number of hydrogen-bond acceptors (Lipinski definition) is 1. The Hall–Kier alpha value is -2.51. The van der Waals surface area contributed by atoms with Crippen molar-refractivity contribution in [2.75, 3.05) is 0 Å². The molecule has 106 valence electrons. The minimum absolute atomic E-state index is 0.0876. The van der Waals surface area contributed by atoms with Crippen molar-refractivity contribution in [3.63, 3.8) is 0 Å². The molecule has 2 aromatic rings. The predicted octanol–water partition coefficient (Wildman–Crippen LogP) is 5.93. The summed E-state index contributed by atoms with van der Waals surface area (Å²) in [6.07, 6.45) is 0. The average Bonchev–Trinajstić information content (AvgIpc) is 2.46. The van der Waals surface area contributed by atoms with Crippen LogP contribution >= 0.6 is 0 Å². The maximum atomic E-state index is 8.68. The normalized spacial score (nSPS) is 10.8. The highest BCUT2D eigenvalue weighted by Crippen LogP contribution is 2.38. The zero-order valence-corrected chi connectivity index (χ0v) is 12.7. The number of hydrogen-bond donors (Lipinski definition) is 0. The molecule has 0 amide bonds. The average molecular weight is 277 g/mol. The lowest BCUT2D eigenvalue weighted by atomic mass is 9.78. The summed E-state index contributed by atoms with van der Waals surface area (Å²) in [5, 5.41) is 3.69. The van der Waals surface area contributed by atoms with E-state index in [9.17, 15) is 0 Å². The third kappa shape index (κ3) is 3.15. The van der Waals surface area contributed by atoms with Crippen molar-refractivity contribution < 1.29 is 0 Å². The van der Waals surface area contributed by atoms with E-state index in [2.05, 4.69) is 55.6 Å². The molecule has 0 aliphatic rings. The van der Waals surface area contributed by atoms with Gasteiger partial charge in [-0.15, -0.1) is 0 Å². The Morgan fingerprint density at radius 1 is 1.05 bits per heavy atom. The first-order valence-electron chi connectivity index (χ1n) is 6.88. The molecule has 3 nitrogen and oxygen atoms in total. The van der Waals surface area contributed by atoms with Gasteiger partial charge in [0.25, 0.3) is 0 Å². The van der Waals surface area contributed by atoms with E-state index in [4.69, 9.17) is 5.53 Å². The largest absolute Gasteiger partial charge is 0.0889 e. The summed E-state index contributed by atoms with van der Waals surface area (Å²) >= 11 is 0. The first kappa shape index (κ1) is 14.9. The SMILES string of the molecule is C=C(N=[N+]=[N-])c1cccc(-c2ccccc2)c1C(C)(C)C. The zero-order chi connectivity index (χ0) is 15.5. The van der Waals surface area contributed by atoms with Crippen molar-refractivity contribution in [2.45, 2.75) is 26.2 Å².